The number of alkyl halides is 3. The third-order valence-corrected chi connectivity index (χ3v) is 3.27. The van der Waals surface area contributed by atoms with Gasteiger partial charge in [-0.3, -0.25) is 0 Å². The highest BCUT2D eigenvalue weighted by molar-refractivity contribution is 7.11. The van der Waals surface area contributed by atoms with Crippen LogP contribution in [-0.4, -0.2) is 4.98 Å². The Bertz CT molecular complexity index is 344. The Kier molecular flexibility index (Phi) is 4.32. The van der Waals surface area contributed by atoms with Crippen LogP contribution >= 0.6 is 11.3 Å². The van der Waals surface area contributed by atoms with Gasteiger partial charge in [0.1, 0.15) is 0 Å². The highest BCUT2D eigenvalue weighted by atomic mass is 32.1. The van der Waals surface area contributed by atoms with Gasteiger partial charge in [0.05, 0.1) is 9.88 Å². The molecule has 0 radical (unpaired) electrons. The number of hydrogen-bond acceptors (Lipinski definition) is 3. The van der Waals surface area contributed by atoms with Gasteiger partial charge in [-0.1, -0.05) is 13.8 Å². The Labute approximate surface area is 96.7 Å². The molecule has 0 amide bonds. The molecule has 1 aromatic rings. The maximum Gasteiger partial charge on any atom is 0.434 e. The molecule has 0 unspecified atom stereocenters. The van der Waals surface area contributed by atoms with Crippen LogP contribution in [0.1, 0.15) is 35.8 Å². The molecule has 6 heteroatoms. The summed E-state index contributed by atoms with van der Waals surface area (Å²) in [7, 11) is 0. The maximum atomic E-state index is 12.5. The predicted octanol–water partition coefficient (Wildman–Crippen LogP) is 3.21. The Morgan fingerprint density at radius 1 is 1.38 bits per heavy atom. The first kappa shape index (κ1) is 13.4. The summed E-state index contributed by atoms with van der Waals surface area (Å²) in [5, 5.41) is 0.529. The Balaban J connectivity index is 2.86. The molecule has 0 aliphatic carbocycles. The summed E-state index contributed by atoms with van der Waals surface area (Å²) >= 11 is 1.07. The first-order valence-electron chi connectivity index (χ1n) is 5.10. The van der Waals surface area contributed by atoms with E-state index in [1.807, 2.05) is 13.8 Å². The van der Waals surface area contributed by atoms with E-state index >= 15 is 0 Å². The lowest BCUT2D eigenvalue weighted by Crippen LogP contribution is -2.10. The minimum absolute atomic E-state index is 0.103. The number of nitrogens with two attached hydrogens (primary N) is 1. The van der Waals surface area contributed by atoms with Crippen molar-refractivity contribution in [1.29, 1.82) is 0 Å². The maximum absolute atomic E-state index is 12.5. The standard InChI is InChI=1S/C10H15F3N2S/c1-6(2)3-4-8-15-9(10(11,12)13)7(5-14)16-8/h6H,3-5,14H2,1-2H3. The van der Waals surface area contributed by atoms with E-state index in [0.717, 1.165) is 17.8 Å². The van der Waals surface area contributed by atoms with Crippen molar-refractivity contribution in [2.75, 3.05) is 0 Å². The van der Waals surface area contributed by atoms with Gasteiger partial charge in [-0.25, -0.2) is 4.98 Å². The summed E-state index contributed by atoms with van der Waals surface area (Å²) in [5.41, 5.74) is 4.48. The molecule has 0 bridgehead atoms. The van der Waals surface area contributed by atoms with Gasteiger partial charge in [0, 0.05) is 6.54 Å². The van der Waals surface area contributed by atoms with E-state index in [-0.39, 0.29) is 11.4 Å². The molecule has 1 aromatic heterocycles. The van der Waals surface area contributed by atoms with Crippen molar-refractivity contribution in [1.82, 2.24) is 4.98 Å². The molecule has 0 atom stereocenters. The fraction of sp³-hybridized carbons (Fsp3) is 0.700. The molecule has 16 heavy (non-hydrogen) atoms. The summed E-state index contributed by atoms with van der Waals surface area (Å²) in [6.45, 7) is 3.96. The van der Waals surface area contributed by atoms with Crippen LogP contribution in [0, 0.1) is 5.92 Å². The number of nitrogens with zero attached hydrogens (tertiary/aromatic N) is 1. The third kappa shape index (κ3) is 3.45. The van der Waals surface area contributed by atoms with Crippen LogP contribution in [0.25, 0.3) is 0 Å². The van der Waals surface area contributed by atoms with Crippen LogP contribution in [-0.2, 0) is 19.1 Å². The minimum atomic E-state index is -4.39. The Morgan fingerprint density at radius 2 is 2.00 bits per heavy atom. The fourth-order valence-corrected chi connectivity index (χ4v) is 2.26. The van der Waals surface area contributed by atoms with Gasteiger partial charge in [0.2, 0.25) is 0 Å². The average molecular weight is 252 g/mol. The second-order valence-corrected chi connectivity index (χ2v) is 5.18. The lowest BCUT2D eigenvalue weighted by molar-refractivity contribution is -0.141. The topological polar surface area (TPSA) is 38.9 Å². The largest absolute Gasteiger partial charge is 0.434 e. The predicted molar refractivity (Wildman–Crippen MR) is 58.2 cm³/mol. The molecule has 0 saturated carbocycles. The quantitative estimate of drug-likeness (QED) is 0.893. The Hall–Kier alpha value is -0.620. The van der Waals surface area contributed by atoms with Crippen molar-refractivity contribution < 1.29 is 13.2 Å². The van der Waals surface area contributed by atoms with Crippen molar-refractivity contribution in [3.05, 3.63) is 15.6 Å². The van der Waals surface area contributed by atoms with Gasteiger partial charge in [-0.05, 0) is 18.8 Å². The highest BCUT2D eigenvalue weighted by Gasteiger charge is 2.36. The van der Waals surface area contributed by atoms with Crippen molar-refractivity contribution >= 4 is 11.3 Å². The number of thiazole rings is 1. The van der Waals surface area contributed by atoms with Crippen molar-refractivity contribution in [3.63, 3.8) is 0 Å². The van der Waals surface area contributed by atoms with Gasteiger partial charge in [0.25, 0.3) is 0 Å². The number of aryl methyl sites for hydroxylation is 1. The smallest absolute Gasteiger partial charge is 0.326 e. The van der Waals surface area contributed by atoms with Crippen LogP contribution in [0.2, 0.25) is 0 Å². The third-order valence-electron chi connectivity index (χ3n) is 2.13. The molecule has 2 nitrogen and oxygen atoms in total. The molecule has 0 spiro atoms. The second kappa shape index (κ2) is 5.14. The molecule has 0 aliphatic heterocycles. The molecule has 0 aliphatic rings. The zero-order chi connectivity index (χ0) is 12.3. The van der Waals surface area contributed by atoms with Crippen LogP contribution in [0.5, 0.6) is 0 Å². The van der Waals surface area contributed by atoms with Crippen molar-refractivity contribution in [3.8, 4) is 0 Å². The van der Waals surface area contributed by atoms with Gasteiger partial charge in [0.15, 0.2) is 5.69 Å². The first-order chi connectivity index (χ1) is 7.34. The molecule has 1 heterocycles. The van der Waals surface area contributed by atoms with Gasteiger partial charge < -0.3 is 5.73 Å². The van der Waals surface area contributed by atoms with E-state index in [0.29, 0.717) is 17.3 Å². The van der Waals surface area contributed by atoms with E-state index in [1.165, 1.54) is 0 Å². The molecule has 0 aromatic carbocycles. The Morgan fingerprint density at radius 3 is 2.38 bits per heavy atom. The van der Waals surface area contributed by atoms with E-state index in [1.54, 1.807) is 0 Å². The summed E-state index contributed by atoms with van der Waals surface area (Å²) in [5.74, 6) is 0.458. The lowest BCUT2D eigenvalue weighted by atomic mass is 10.1. The normalized spacial score (nSPS) is 12.4. The minimum Gasteiger partial charge on any atom is -0.326 e. The zero-order valence-electron chi connectivity index (χ0n) is 9.27. The van der Waals surface area contributed by atoms with E-state index in [9.17, 15) is 13.2 Å². The van der Waals surface area contributed by atoms with E-state index < -0.39 is 11.9 Å². The summed E-state index contributed by atoms with van der Waals surface area (Å²) in [6, 6.07) is 0. The second-order valence-electron chi connectivity index (χ2n) is 4.01. The van der Waals surface area contributed by atoms with Gasteiger partial charge in [-0.2, -0.15) is 13.2 Å². The fourth-order valence-electron chi connectivity index (χ4n) is 1.28. The number of rotatable bonds is 4. The summed E-state index contributed by atoms with van der Waals surface area (Å²) in [4.78, 5) is 3.77. The molecular formula is C10H15F3N2S. The van der Waals surface area contributed by atoms with Crippen LogP contribution in [0.3, 0.4) is 0 Å². The van der Waals surface area contributed by atoms with Crippen LogP contribution in [0.4, 0.5) is 13.2 Å². The number of halogens is 3. The van der Waals surface area contributed by atoms with E-state index in [4.69, 9.17) is 5.73 Å². The molecule has 92 valence electrons. The summed E-state index contributed by atoms with van der Waals surface area (Å²) < 4.78 is 37.6. The molecule has 2 N–H and O–H groups in total. The molecule has 0 fully saturated rings. The van der Waals surface area contributed by atoms with E-state index in [2.05, 4.69) is 4.98 Å². The number of aromatic nitrogens is 1. The monoisotopic (exact) mass is 252 g/mol. The number of hydrogen-bond donors (Lipinski definition) is 1. The van der Waals surface area contributed by atoms with Crippen molar-refractivity contribution in [2.45, 2.75) is 39.4 Å². The van der Waals surface area contributed by atoms with Crippen LogP contribution in [0.15, 0.2) is 0 Å². The zero-order valence-corrected chi connectivity index (χ0v) is 10.1. The molecule has 1 rings (SSSR count). The average Bonchev–Trinajstić information content (AvgIpc) is 2.57. The van der Waals surface area contributed by atoms with Crippen LogP contribution < -0.4 is 5.73 Å². The lowest BCUT2D eigenvalue weighted by Gasteiger charge is -2.03. The SMILES string of the molecule is CC(C)CCc1nc(C(F)(F)F)c(CN)s1. The van der Waals surface area contributed by atoms with Gasteiger partial charge in [-0.15, -0.1) is 11.3 Å². The first-order valence-corrected chi connectivity index (χ1v) is 5.92. The highest BCUT2D eigenvalue weighted by Crippen LogP contribution is 2.34. The van der Waals surface area contributed by atoms with Crippen molar-refractivity contribution in [2.24, 2.45) is 11.7 Å². The summed E-state index contributed by atoms with van der Waals surface area (Å²) in [6.07, 6.45) is -2.96. The molecular weight excluding hydrogens is 237 g/mol. The van der Waals surface area contributed by atoms with Gasteiger partial charge >= 0.3 is 6.18 Å². The molecule has 0 saturated heterocycles.